The maximum absolute atomic E-state index is 9.62. The Morgan fingerprint density at radius 1 is 1.13 bits per heavy atom. The Labute approximate surface area is 94.2 Å². The van der Waals surface area contributed by atoms with Crippen LogP contribution >= 0.6 is 0 Å². The highest BCUT2D eigenvalue weighted by Crippen LogP contribution is 2.40. The number of hydrogen-bond donors (Lipinski definition) is 1. The Morgan fingerprint density at radius 3 is 2.07 bits per heavy atom. The Morgan fingerprint density at radius 2 is 1.67 bits per heavy atom. The molecule has 1 aromatic rings. The molecule has 84 valence electrons. The lowest BCUT2D eigenvalue weighted by Gasteiger charge is -2.39. The lowest BCUT2D eigenvalue weighted by molar-refractivity contribution is 0.240. The minimum atomic E-state index is -1.34. The highest BCUT2D eigenvalue weighted by atomic mass is 28.3. The molecule has 0 radical (unpaired) electrons. The van der Waals surface area contributed by atoms with Gasteiger partial charge < -0.3 is 5.11 Å². The summed E-state index contributed by atoms with van der Waals surface area (Å²) in [5, 5.41) is 9.69. The van der Waals surface area contributed by atoms with Crippen LogP contribution in [-0.4, -0.2) is 19.8 Å². The molecule has 0 amide bonds. The van der Waals surface area contributed by atoms with Crippen molar-refractivity contribution >= 4 is 8.07 Å². The Hall–Kier alpha value is -0.603. The van der Waals surface area contributed by atoms with E-state index < -0.39 is 8.07 Å². The lowest BCUT2D eigenvalue weighted by Crippen LogP contribution is -2.41. The van der Waals surface area contributed by atoms with Gasteiger partial charge in [0.15, 0.2) is 0 Å². The second-order valence-corrected chi connectivity index (χ2v) is 11.3. The first-order chi connectivity index (χ1) is 6.89. The zero-order valence-electron chi connectivity index (χ0n) is 10.2. The van der Waals surface area contributed by atoms with Crippen LogP contribution in [0.1, 0.15) is 12.5 Å². The molecular formula is C13H22OSi. The first-order valence-electron chi connectivity index (χ1n) is 5.54. The van der Waals surface area contributed by atoms with Gasteiger partial charge >= 0.3 is 0 Å². The van der Waals surface area contributed by atoms with E-state index >= 15 is 0 Å². The average molecular weight is 222 g/mol. The maximum Gasteiger partial charge on any atom is 0.0535 e. The molecule has 0 spiro atoms. The van der Waals surface area contributed by atoms with E-state index in [9.17, 15) is 5.11 Å². The molecule has 0 bridgehead atoms. The van der Waals surface area contributed by atoms with Crippen LogP contribution in [0.5, 0.6) is 0 Å². The molecule has 0 aliphatic carbocycles. The molecule has 1 rings (SSSR count). The topological polar surface area (TPSA) is 20.2 Å². The summed E-state index contributed by atoms with van der Waals surface area (Å²) in [4.78, 5) is 0. The molecule has 0 heterocycles. The number of aliphatic hydroxyl groups excluding tert-OH is 1. The predicted octanol–water partition coefficient (Wildman–Crippen LogP) is 3.32. The Bertz CT molecular complexity index is 302. The van der Waals surface area contributed by atoms with Gasteiger partial charge in [-0.05, 0) is 17.0 Å². The van der Waals surface area contributed by atoms with Crippen LogP contribution < -0.4 is 0 Å². The largest absolute Gasteiger partial charge is 0.396 e. The summed E-state index contributed by atoms with van der Waals surface area (Å²) in [6.45, 7) is 9.48. The van der Waals surface area contributed by atoms with Crippen molar-refractivity contribution in [1.29, 1.82) is 0 Å². The predicted molar refractivity (Wildman–Crippen MR) is 68.9 cm³/mol. The summed E-state index contributed by atoms with van der Waals surface area (Å²) < 4.78 is 0. The van der Waals surface area contributed by atoms with Crippen molar-refractivity contribution in [2.75, 3.05) is 6.61 Å². The molecule has 0 saturated carbocycles. The van der Waals surface area contributed by atoms with Crippen molar-refractivity contribution in [3.8, 4) is 0 Å². The number of rotatable bonds is 4. The van der Waals surface area contributed by atoms with Gasteiger partial charge in [-0.15, -0.1) is 0 Å². The number of aliphatic hydroxyl groups is 1. The first-order valence-corrected chi connectivity index (χ1v) is 9.04. The molecule has 0 aliphatic rings. The summed E-state index contributed by atoms with van der Waals surface area (Å²) in [5.41, 5.74) is 1.33. The average Bonchev–Trinajstić information content (AvgIpc) is 2.17. The Kier molecular flexibility index (Phi) is 3.74. The normalized spacial score (nSPS) is 16.1. The second-order valence-electron chi connectivity index (χ2n) is 5.63. The summed E-state index contributed by atoms with van der Waals surface area (Å²) in [6.07, 6.45) is 0.986. The molecule has 0 fully saturated rings. The van der Waals surface area contributed by atoms with Crippen LogP contribution in [0.2, 0.25) is 24.7 Å². The van der Waals surface area contributed by atoms with E-state index in [0.29, 0.717) is 0 Å². The van der Waals surface area contributed by atoms with Crippen molar-refractivity contribution in [1.82, 2.24) is 0 Å². The molecular weight excluding hydrogens is 200 g/mol. The third-order valence-electron chi connectivity index (χ3n) is 3.60. The molecule has 1 aromatic carbocycles. The molecule has 1 atom stereocenters. The fourth-order valence-electron chi connectivity index (χ4n) is 1.60. The van der Waals surface area contributed by atoms with E-state index in [4.69, 9.17) is 0 Å². The van der Waals surface area contributed by atoms with Crippen LogP contribution in [0.15, 0.2) is 30.3 Å². The van der Waals surface area contributed by atoms with E-state index in [1.807, 2.05) is 6.07 Å². The van der Waals surface area contributed by atoms with Crippen LogP contribution in [0.25, 0.3) is 0 Å². The molecule has 1 N–H and O–H groups in total. The van der Waals surface area contributed by atoms with Gasteiger partial charge in [0.2, 0.25) is 0 Å². The Balaban J connectivity index is 2.87. The van der Waals surface area contributed by atoms with Crippen molar-refractivity contribution < 1.29 is 5.11 Å². The number of hydrogen-bond acceptors (Lipinski definition) is 1. The molecule has 0 aliphatic heterocycles. The van der Waals surface area contributed by atoms with Gasteiger partial charge in [0.05, 0.1) is 8.07 Å². The van der Waals surface area contributed by atoms with Gasteiger partial charge in [0.25, 0.3) is 0 Å². The summed E-state index contributed by atoms with van der Waals surface area (Å²) in [5.74, 6) is 0. The van der Waals surface area contributed by atoms with Crippen LogP contribution in [0, 0.1) is 0 Å². The third kappa shape index (κ3) is 2.92. The molecule has 2 heteroatoms. The van der Waals surface area contributed by atoms with Crippen LogP contribution in [-0.2, 0) is 6.42 Å². The second kappa shape index (κ2) is 4.50. The van der Waals surface area contributed by atoms with E-state index in [0.717, 1.165) is 6.42 Å². The lowest BCUT2D eigenvalue weighted by atomic mass is 10.0. The molecule has 0 saturated heterocycles. The highest BCUT2D eigenvalue weighted by Gasteiger charge is 2.38. The minimum Gasteiger partial charge on any atom is -0.396 e. The standard InChI is InChI=1S/C13H22OSi/c1-13(11-14,15(2,3)4)10-12-8-6-5-7-9-12/h5-9,14H,10-11H2,1-4H3/t13-/m0/s1. The van der Waals surface area contributed by atoms with Crippen molar-refractivity contribution in [2.45, 2.75) is 38.0 Å². The summed E-state index contributed by atoms with van der Waals surface area (Å²) >= 11 is 0. The van der Waals surface area contributed by atoms with Crippen molar-refractivity contribution in [3.63, 3.8) is 0 Å². The monoisotopic (exact) mass is 222 g/mol. The van der Waals surface area contributed by atoms with E-state index in [-0.39, 0.29) is 11.6 Å². The molecule has 0 unspecified atom stereocenters. The molecule has 1 nitrogen and oxygen atoms in total. The molecule has 15 heavy (non-hydrogen) atoms. The van der Waals surface area contributed by atoms with Crippen molar-refractivity contribution in [2.24, 2.45) is 0 Å². The minimum absolute atomic E-state index is 0.0777. The molecule has 0 aromatic heterocycles. The zero-order chi connectivity index (χ0) is 11.5. The van der Waals surface area contributed by atoms with Crippen molar-refractivity contribution in [3.05, 3.63) is 35.9 Å². The summed E-state index contributed by atoms with van der Waals surface area (Å²) in [7, 11) is -1.34. The van der Waals surface area contributed by atoms with Gasteiger partial charge in [-0.25, -0.2) is 0 Å². The first kappa shape index (κ1) is 12.5. The van der Waals surface area contributed by atoms with E-state index in [1.165, 1.54) is 5.56 Å². The fourth-order valence-corrected chi connectivity index (χ4v) is 2.81. The highest BCUT2D eigenvalue weighted by molar-refractivity contribution is 6.79. The van der Waals surface area contributed by atoms with Crippen LogP contribution in [0.3, 0.4) is 0 Å². The van der Waals surface area contributed by atoms with Gasteiger partial charge in [-0.1, -0.05) is 56.9 Å². The number of benzene rings is 1. The quantitative estimate of drug-likeness (QED) is 0.775. The van der Waals surface area contributed by atoms with E-state index in [2.05, 4.69) is 50.8 Å². The SMILES string of the molecule is C[C@@](CO)(Cc1ccccc1)[Si](C)(C)C. The smallest absolute Gasteiger partial charge is 0.0535 e. The van der Waals surface area contributed by atoms with Gasteiger partial charge in [-0.2, -0.15) is 0 Å². The van der Waals surface area contributed by atoms with Gasteiger partial charge in [0.1, 0.15) is 0 Å². The third-order valence-corrected chi connectivity index (χ3v) is 7.55. The van der Waals surface area contributed by atoms with Crippen LogP contribution in [0.4, 0.5) is 0 Å². The summed E-state index contributed by atoms with van der Waals surface area (Å²) in [6, 6.07) is 10.5. The maximum atomic E-state index is 9.62. The zero-order valence-corrected chi connectivity index (χ0v) is 11.2. The van der Waals surface area contributed by atoms with Gasteiger partial charge in [-0.3, -0.25) is 0 Å². The fraction of sp³-hybridized carbons (Fsp3) is 0.538. The van der Waals surface area contributed by atoms with Gasteiger partial charge in [0, 0.05) is 6.61 Å². The van der Waals surface area contributed by atoms with E-state index in [1.54, 1.807) is 0 Å².